The Morgan fingerprint density at radius 2 is 1.79 bits per heavy atom. The first-order valence-electron chi connectivity index (χ1n) is 6.05. The molecule has 0 amide bonds. The van der Waals surface area contributed by atoms with Crippen LogP contribution < -0.4 is 0 Å². The fraction of sp³-hybridized carbons (Fsp3) is 1.00. The lowest BCUT2D eigenvalue weighted by Crippen LogP contribution is -2.39. The van der Waals surface area contributed by atoms with Crippen molar-refractivity contribution in [1.29, 1.82) is 0 Å². The van der Waals surface area contributed by atoms with E-state index in [0.29, 0.717) is 0 Å². The average molecular weight is 198 g/mol. The van der Waals surface area contributed by atoms with Crippen molar-refractivity contribution in [2.45, 2.75) is 69.5 Å². The minimum absolute atomic E-state index is 0.150. The summed E-state index contributed by atoms with van der Waals surface area (Å²) in [4.78, 5) is 0. The minimum Gasteiger partial charge on any atom is -0.393 e. The molecule has 1 aliphatic heterocycles. The number of aliphatic hydroxyl groups excluding tert-OH is 1. The lowest BCUT2D eigenvalue weighted by molar-refractivity contribution is -0.139. The molecule has 1 spiro atoms. The molecule has 0 aromatic rings. The maximum Gasteiger partial charge on any atom is 0.0918 e. The van der Waals surface area contributed by atoms with Gasteiger partial charge in [0.25, 0.3) is 0 Å². The van der Waals surface area contributed by atoms with Crippen molar-refractivity contribution >= 4 is 0 Å². The molecule has 1 aliphatic carbocycles. The van der Waals surface area contributed by atoms with Gasteiger partial charge in [0.1, 0.15) is 0 Å². The lowest BCUT2D eigenvalue weighted by Gasteiger charge is -2.36. The molecule has 2 aliphatic rings. The second-order valence-electron chi connectivity index (χ2n) is 5.04. The molecule has 1 atom stereocenters. The first kappa shape index (κ1) is 10.4. The van der Waals surface area contributed by atoms with Crippen molar-refractivity contribution in [1.82, 2.24) is 0 Å². The molecule has 82 valence electrons. The first-order valence-corrected chi connectivity index (χ1v) is 6.05. The van der Waals surface area contributed by atoms with Gasteiger partial charge >= 0.3 is 0 Å². The van der Waals surface area contributed by atoms with Crippen LogP contribution in [0.5, 0.6) is 0 Å². The van der Waals surface area contributed by atoms with Crippen LogP contribution in [0, 0.1) is 0 Å². The minimum atomic E-state index is -0.197. The highest BCUT2D eigenvalue weighted by molar-refractivity contribution is 4.97. The molecule has 1 N–H and O–H groups in total. The second-order valence-corrected chi connectivity index (χ2v) is 5.04. The molecular weight excluding hydrogens is 176 g/mol. The van der Waals surface area contributed by atoms with Crippen LogP contribution in [-0.4, -0.2) is 22.9 Å². The van der Waals surface area contributed by atoms with Gasteiger partial charge in [0, 0.05) is 0 Å². The molecule has 2 rings (SSSR count). The zero-order chi connectivity index (χ0) is 10.1. The van der Waals surface area contributed by atoms with E-state index >= 15 is 0 Å². The van der Waals surface area contributed by atoms with Gasteiger partial charge in [-0.2, -0.15) is 0 Å². The van der Waals surface area contributed by atoms with Gasteiger partial charge in [-0.15, -0.1) is 0 Å². The van der Waals surface area contributed by atoms with E-state index in [9.17, 15) is 5.11 Å². The number of ether oxygens (including phenoxy) is 1. The van der Waals surface area contributed by atoms with E-state index in [1.807, 2.05) is 0 Å². The van der Waals surface area contributed by atoms with Gasteiger partial charge < -0.3 is 9.84 Å². The van der Waals surface area contributed by atoms with E-state index in [1.54, 1.807) is 0 Å². The highest BCUT2D eigenvalue weighted by Gasteiger charge is 2.47. The zero-order valence-corrected chi connectivity index (χ0v) is 9.22. The van der Waals surface area contributed by atoms with Crippen LogP contribution in [0.15, 0.2) is 0 Å². The number of hydrogen-bond donors (Lipinski definition) is 1. The summed E-state index contributed by atoms with van der Waals surface area (Å²) in [7, 11) is 0. The summed E-state index contributed by atoms with van der Waals surface area (Å²) in [6.07, 6.45) is 9.59. The number of aliphatic hydroxyl groups is 1. The Kier molecular flexibility index (Phi) is 2.85. The van der Waals surface area contributed by atoms with Crippen molar-refractivity contribution in [2.75, 3.05) is 6.61 Å². The molecular formula is C12H22O2. The molecule has 2 nitrogen and oxygen atoms in total. The lowest BCUT2D eigenvalue weighted by atomic mass is 9.82. The Morgan fingerprint density at radius 1 is 1.07 bits per heavy atom. The smallest absolute Gasteiger partial charge is 0.0918 e. The molecule has 14 heavy (non-hydrogen) atoms. The van der Waals surface area contributed by atoms with Gasteiger partial charge in [0.15, 0.2) is 0 Å². The summed E-state index contributed by atoms with van der Waals surface area (Å²) in [6, 6.07) is 0. The SMILES string of the molecule is CCC1(CO)CCC2(CCCCC2)O1. The van der Waals surface area contributed by atoms with Crippen LogP contribution in [0.1, 0.15) is 58.3 Å². The van der Waals surface area contributed by atoms with E-state index in [0.717, 1.165) is 12.8 Å². The Morgan fingerprint density at radius 3 is 2.29 bits per heavy atom. The van der Waals surface area contributed by atoms with Crippen molar-refractivity contribution in [3.05, 3.63) is 0 Å². The Bertz CT molecular complexity index is 190. The van der Waals surface area contributed by atoms with E-state index < -0.39 is 0 Å². The maximum absolute atomic E-state index is 9.41. The summed E-state index contributed by atoms with van der Waals surface area (Å²) in [5, 5.41) is 9.41. The van der Waals surface area contributed by atoms with Gasteiger partial charge in [-0.1, -0.05) is 26.2 Å². The Balaban J connectivity index is 2.04. The summed E-state index contributed by atoms with van der Waals surface area (Å²) in [5.74, 6) is 0. The summed E-state index contributed by atoms with van der Waals surface area (Å²) in [5.41, 5.74) is -0.0473. The molecule has 0 bridgehead atoms. The predicted octanol–water partition coefficient (Wildman–Crippen LogP) is 2.64. The van der Waals surface area contributed by atoms with Crippen LogP contribution >= 0.6 is 0 Å². The topological polar surface area (TPSA) is 29.5 Å². The molecule has 0 aromatic carbocycles. The van der Waals surface area contributed by atoms with Crippen LogP contribution in [0.25, 0.3) is 0 Å². The van der Waals surface area contributed by atoms with Crippen LogP contribution in [-0.2, 0) is 4.74 Å². The molecule has 1 unspecified atom stereocenters. The van der Waals surface area contributed by atoms with Crippen molar-refractivity contribution in [3.8, 4) is 0 Å². The van der Waals surface area contributed by atoms with Crippen molar-refractivity contribution < 1.29 is 9.84 Å². The molecule has 0 radical (unpaired) electrons. The number of hydrogen-bond acceptors (Lipinski definition) is 2. The van der Waals surface area contributed by atoms with Crippen LogP contribution in [0.3, 0.4) is 0 Å². The van der Waals surface area contributed by atoms with Gasteiger partial charge in [-0.25, -0.2) is 0 Å². The standard InChI is InChI=1S/C12H22O2/c1-2-11(10-13)8-9-12(14-11)6-4-3-5-7-12/h13H,2-10H2,1H3. The fourth-order valence-electron chi connectivity index (χ4n) is 3.04. The third kappa shape index (κ3) is 1.70. The normalized spacial score (nSPS) is 36.4. The van der Waals surface area contributed by atoms with Gasteiger partial charge in [-0.05, 0) is 32.1 Å². The molecule has 2 fully saturated rings. The third-order valence-electron chi connectivity index (χ3n) is 4.17. The quantitative estimate of drug-likeness (QED) is 0.739. The highest BCUT2D eigenvalue weighted by atomic mass is 16.5. The fourth-order valence-corrected chi connectivity index (χ4v) is 3.04. The zero-order valence-electron chi connectivity index (χ0n) is 9.22. The van der Waals surface area contributed by atoms with Crippen LogP contribution in [0.4, 0.5) is 0 Å². The number of rotatable bonds is 2. The molecule has 2 heteroatoms. The van der Waals surface area contributed by atoms with E-state index in [2.05, 4.69) is 6.92 Å². The van der Waals surface area contributed by atoms with Crippen LogP contribution in [0.2, 0.25) is 0 Å². The molecule has 1 heterocycles. The van der Waals surface area contributed by atoms with Gasteiger partial charge in [0.2, 0.25) is 0 Å². The third-order valence-corrected chi connectivity index (χ3v) is 4.17. The van der Waals surface area contributed by atoms with Crippen molar-refractivity contribution in [3.63, 3.8) is 0 Å². The predicted molar refractivity (Wildman–Crippen MR) is 56.2 cm³/mol. The molecule has 1 saturated heterocycles. The van der Waals surface area contributed by atoms with E-state index in [1.165, 1.54) is 38.5 Å². The van der Waals surface area contributed by atoms with E-state index in [-0.39, 0.29) is 17.8 Å². The van der Waals surface area contributed by atoms with E-state index in [4.69, 9.17) is 4.74 Å². The molecule has 1 saturated carbocycles. The largest absolute Gasteiger partial charge is 0.393 e. The Hall–Kier alpha value is -0.0800. The first-order chi connectivity index (χ1) is 6.74. The monoisotopic (exact) mass is 198 g/mol. The summed E-state index contributed by atoms with van der Waals surface area (Å²) < 4.78 is 6.23. The Labute approximate surface area is 86.6 Å². The summed E-state index contributed by atoms with van der Waals surface area (Å²) in [6.45, 7) is 2.32. The van der Waals surface area contributed by atoms with Crippen molar-refractivity contribution in [2.24, 2.45) is 0 Å². The second kappa shape index (κ2) is 3.82. The van der Waals surface area contributed by atoms with Gasteiger partial charge in [0.05, 0.1) is 17.8 Å². The van der Waals surface area contributed by atoms with Gasteiger partial charge in [-0.3, -0.25) is 0 Å². The highest BCUT2D eigenvalue weighted by Crippen LogP contribution is 2.47. The average Bonchev–Trinajstić information content (AvgIpc) is 2.60. The maximum atomic E-state index is 9.41. The molecule has 0 aromatic heterocycles. The summed E-state index contributed by atoms with van der Waals surface area (Å²) >= 11 is 0.